The summed E-state index contributed by atoms with van der Waals surface area (Å²) in [5.74, 6) is 0.572. The van der Waals surface area contributed by atoms with E-state index in [1.54, 1.807) is 0 Å². The molecule has 0 aromatic rings. The molecule has 0 aromatic heterocycles. The molecule has 1 aliphatic rings. The van der Waals surface area contributed by atoms with Gasteiger partial charge in [-0.3, -0.25) is 4.79 Å². The van der Waals surface area contributed by atoms with Crippen LogP contribution in [-0.4, -0.2) is 23.7 Å². The Morgan fingerprint density at radius 1 is 1.24 bits per heavy atom. The summed E-state index contributed by atoms with van der Waals surface area (Å²) in [6, 6.07) is 0.185. The summed E-state index contributed by atoms with van der Waals surface area (Å²) < 4.78 is 5.36. The first-order valence-electron chi connectivity index (χ1n) is 6.78. The SMILES string of the molecule is CC(N[C@@H](C)C1CCCC1)C(=O)OC(C)(C)C. The molecule has 17 heavy (non-hydrogen) atoms. The fourth-order valence-corrected chi connectivity index (χ4v) is 2.45. The summed E-state index contributed by atoms with van der Waals surface area (Å²) in [5, 5.41) is 3.37. The standard InChI is InChI=1S/C14H27NO2/c1-10(12-8-6-7-9-12)15-11(2)13(16)17-14(3,4)5/h10-12,15H,6-9H2,1-5H3/t10-,11?/m0/s1. The zero-order chi connectivity index (χ0) is 13.1. The van der Waals surface area contributed by atoms with Crippen LogP contribution in [0.25, 0.3) is 0 Å². The van der Waals surface area contributed by atoms with Gasteiger partial charge in [-0.1, -0.05) is 12.8 Å². The van der Waals surface area contributed by atoms with Gasteiger partial charge in [-0.25, -0.2) is 0 Å². The van der Waals surface area contributed by atoms with Gasteiger partial charge >= 0.3 is 5.97 Å². The third kappa shape index (κ3) is 5.07. The van der Waals surface area contributed by atoms with Crippen LogP contribution in [0.15, 0.2) is 0 Å². The summed E-state index contributed by atoms with van der Waals surface area (Å²) >= 11 is 0. The van der Waals surface area contributed by atoms with Gasteiger partial charge in [0.15, 0.2) is 0 Å². The molecule has 0 bridgehead atoms. The molecule has 0 amide bonds. The molecule has 1 saturated carbocycles. The maximum atomic E-state index is 11.8. The predicted molar refractivity (Wildman–Crippen MR) is 69.9 cm³/mol. The summed E-state index contributed by atoms with van der Waals surface area (Å²) in [5.41, 5.74) is -0.399. The van der Waals surface area contributed by atoms with Crippen molar-refractivity contribution in [2.75, 3.05) is 0 Å². The number of rotatable bonds is 4. The Kier molecular flexibility index (Phi) is 4.99. The van der Waals surface area contributed by atoms with Crippen LogP contribution in [0.4, 0.5) is 0 Å². The zero-order valence-electron chi connectivity index (χ0n) is 11.9. The lowest BCUT2D eigenvalue weighted by Gasteiger charge is -2.27. The highest BCUT2D eigenvalue weighted by Gasteiger charge is 2.26. The Balaban J connectivity index is 2.37. The highest BCUT2D eigenvalue weighted by atomic mass is 16.6. The van der Waals surface area contributed by atoms with Gasteiger partial charge in [0.1, 0.15) is 11.6 Å². The maximum absolute atomic E-state index is 11.8. The van der Waals surface area contributed by atoms with Crippen molar-refractivity contribution in [1.29, 1.82) is 0 Å². The smallest absolute Gasteiger partial charge is 0.323 e. The highest BCUT2D eigenvalue weighted by Crippen LogP contribution is 2.27. The van der Waals surface area contributed by atoms with Crippen LogP contribution in [0.2, 0.25) is 0 Å². The van der Waals surface area contributed by atoms with Crippen molar-refractivity contribution in [2.45, 2.75) is 78.0 Å². The van der Waals surface area contributed by atoms with Crippen molar-refractivity contribution in [3.8, 4) is 0 Å². The second kappa shape index (κ2) is 5.85. The minimum atomic E-state index is -0.399. The van der Waals surface area contributed by atoms with E-state index in [2.05, 4.69) is 12.2 Å². The van der Waals surface area contributed by atoms with Gasteiger partial charge in [-0.2, -0.15) is 0 Å². The molecule has 0 aliphatic heterocycles. The van der Waals surface area contributed by atoms with Gasteiger partial charge in [-0.15, -0.1) is 0 Å². The van der Waals surface area contributed by atoms with E-state index >= 15 is 0 Å². The zero-order valence-corrected chi connectivity index (χ0v) is 11.9. The van der Waals surface area contributed by atoms with Crippen molar-refractivity contribution in [2.24, 2.45) is 5.92 Å². The van der Waals surface area contributed by atoms with Gasteiger partial charge in [0.25, 0.3) is 0 Å². The van der Waals surface area contributed by atoms with Crippen LogP contribution < -0.4 is 5.32 Å². The minimum absolute atomic E-state index is 0.151. The molecule has 1 fully saturated rings. The normalized spacial score (nSPS) is 21.2. The summed E-state index contributed by atoms with van der Waals surface area (Å²) in [4.78, 5) is 11.8. The molecule has 0 radical (unpaired) electrons. The summed E-state index contributed by atoms with van der Waals surface area (Å²) in [6.45, 7) is 9.77. The maximum Gasteiger partial charge on any atom is 0.323 e. The van der Waals surface area contributed by atoms with E-state index < -0.39 is 5.60 Å². The Bertz CT molecular complexity index is 251. The Labute approximate surface area is 105 Å². The largest absolute Gasteiger partial charge is 0.459 e. The van der Waals surface area contributed by atoms with E-state index in [1.807, 2.05) is 27.7 Å². The van der Waals surface area contributed by atoms with Crippen LogP contribution in [0.5, 0.6) is 0 Å². The van der Waals surface area contributed by atoms with E-state index in [0.717, 1.165) is 5.92 Å². The molecule has 2 atom stereocenters. The first-order valence-corrected chi connectivity index (χ1v) is 6.78. The molecule has 0 aromatic carbocycles. The third-order valence-corrected chi connectivity index (χ3v) is 3.38. The predicted octanol–water partition coefficient (Wildman–Crippen LogP) is 2.88. The van der Waals surface area contributed by atoms with Gasteiger partial charge in [-0.05, 0) is 53.4 Å². The first kappa shape index (κ1) is 14.5. The van der Waals surface area contributed by atoms with E-state index in [9.17, 15) is 4.79 Å². The molecule has 0 saturated heterocycles. The third-order valence-electron chi connectivity index (χ3n) is 3.38. The second-order valence-corrected chi connectivity index (χ2v) is 6.26. The lowest BCUT2D eigenvalue weighted by atomic mass is 9.99. The fraction of sp³-hybridized carbons (Fsp3) is 0.929. The van der Waals surface area contributed by atoms with Crippen molar-refractivity contribution in [3.05, 3.63) is 0 Å². The Morgan fingerprint density at radius 2 is 1.76 bits per heavy atom. The van der Waals surface area contributed by atoms with E-state index in [0.29, 0.717) is 6.04 Å². The van der Waals surface area contributed by atoms with Crippen molar-refractivity contribution in [3.63, 3.8) is 0 Å². The minimum Gasteiger partial charge on any atom is -0.459 e. The molecule has 0 spiro atoms. The first-order chi connectivity index (χ1) is 7.79. The van der Waals surface area contributed by atoms with Crippen LogP contribution >= 0.6 is 0 Å². The topological polar surface area (TPSA) is 38.3 Å². The molecule has 100 valence electrons. The second-order valence-electron chi connectivity index (χ2n) is 6.26. The summed E-state index contributed by atoms with van der Waals surface area (Å²) in [7, 11) is 0. The van der Waals surface area contributed by atoms with Crippen LogP contribution in [0, 0.1) is 5.92 Å². The van der Waals surface area contributed by atoms with E-state index in [4.69, 9.17) is 4.74 Å². The van der Waals surface area contributed by atoms with Gasteiger partial charge in [0.2, 0.25) is 0 Å². The average Bonchev–Trinajstić information content (AvgIpc) is 2.67. The van der Waals surface area contributed by atoms with Crippen molar-refractivity contribution < 1.29 is 9.53 Å². The van der Waals surface area contributed by atoms with Crippen LogP contribution in [0.3, 0.4) is 0 Å². The molecule has 3 heteroatoms. The molecule has 1 aliphatic carbocycles. The average molecular weight is 241 g/mol. The van der Waals surface area contributed by atoms with Gasteiger partial charge in [0.05, 0.1) is 0 Å². The van der Waals surface area contributed by atoms with Crippen molar-refractivity contribution in [1.82, 2.24) is 5.32 Å². The summed E-state index contributed by atoms with van der Waals surface area (Å²) in [6.07, 6.45) is 5.24. The van der Waals surface area contributed by atoms with Crippen LogP contribution in [0.1, 0.15) is 60.3 Å². The number of carbonyl (C=O) groups is 1. The monoisotopic (exact) mass is 241 g/mol. The molecule has 3 nitrogen and oxygen atoms in total. The lowest BCUT2D eigenvalue weighted by Crippen LogP contribution is -2.45. The van der Waals surface area contributed by atoms with E-state index in [-0.39, 0.29) is 12.0 Å². The molecular weight excluding hydrogens is 214 g/mol. The highest BCUT2D eigenvalue weighted by molar-refractivity contribution is 5.75. The molecular formula is C14H27NO2. The lowest BCUT2D eigenvalue weighted by molar-refractivity contribution is -0.157. The number of hydrogen-bond acceptors (Lipinski definition) is 3. The Hall–Kier alpha value is -0.570. The number of nitrogens with one attached hydrogen (secondary N) is 1. The molecule has 1 rings (SSSR count). The number of ether oxygens (including phenoxy) is 1. The number of carbonyl (C=O) groups excluding carboxylic acids is 1. The quantitative estimate of drug-likeness (QED) is 0.769. The molecule has 0 heterocycles. The number of hydrogen-bond donors (Lipinski definition) is 1. The van der Waals surface area contributed by atoms with Crippen molar-refractivity contribution >= 4 is 5.97 Å². The van der Waals surface area contributed by atoms with Gasteiger partial charge < -0.3 is 10.1 Å². The van der Waals surface area contributed by atoms with Gasteiger partial charge in [0, 0.05) is 6.04 Å². The fourth-order valence-electron chi connectivity index (χ4n) is 2.45. The van der Waals surface area contributed by atoms with E-state index in [1.165, 1.54) is 25.7 Å². The Morgan fingerprint density at radius 3 is 2.24 bits per heavy atom. The molecule has 1 N–H and O–H groups in total. The molecule has 1 unspecified atom stereocenters. The number of esters is 1. The van der Waals surface area contributed by atoms with Crippen LogP contribution in [-0.2, 0) is 9.53 Å².